The van der Waals surface area contributed by atoms with E-state index in [2.05, 4.69) is 5.32 Å². The predicted octanol–water partition coefficient (Wildman–Crippen LogP) is 2.24. The maximum absolute atomic E-state index is 13.0. The Morgan fingerprint density at radius 3 is 2.50 bits per heavy atom. The second-order valence-electron chi connectivity index (χ2n) is 6.02. The first-order valence-corrected chi connectivity index (χ1v) is 9.43. The number of rotatable bonds is 3. The first-order valence-electron chi connectivity index (χ1n) is 7.88. The Balaban J connectivity index is 1.38. The molecule has 7 nitrogen and oxygen atoms in total. The molecule has 0 bridgehead atoms. The van der Waals surface area contributed by atoms with E-state index in [1.165, 1.54) is 17.0 Å². The number of carbonyl (C=O) groups excluding carboxylic acids is 1. The van der Waals surface area contributed by atoms with Crippen molar-refractivity contribution in [2.75, 3.05) is 25.2 Å². The summed E-state index contributed by atoms with van der Waals surface area (Å²) < 4.78 is 48.3. The number of nitrogens with zero attached hydrogens (tertiary/aromatic N) is 1. The summed E-state index contributed by atoms with van der Waals surface area (Å²) in [6.07, 6.45) is 0. The number of halogens is 1. The highest BCUT2D eigenvalue weighted by Gasteiger charge is 2.40. The van der Waals surface area contributed by atoms with Gasteiger partial charge in [-0.1, -0.05) is 0 Å². The van der Waals surface area contributed by atoms with Gasteiger partial charge in [-0.3, -0.25) is 0 Å². The van der Waals surface area contributed by atoms with Crippen LogP contribution in [0, 0.1) is 5.82 Å². The van der Waals surface area contributed by atoms with Gasteiger partial charge < -0.3 is 19.7 Å². The molecule has 2 aliphatic rings. The summed E-state index contributed by atoms with van der Waals surface area (Å²) in [5.41, 5.74) is 0.532. The van der Waals surface area contributed by atoms with E-state index in [9.17, 15) is 17.6 Å². The van der Waals surface area contributed by atoms with Crippen LogP contribution in [0.4, 0.5) is 14.9 Å². The number of ether oxygens (including phenoxy) is 2. The van der Waals surface area contributed by atoms with Crippen molar-refractivity contribution in [3.05, 3.63) is 48.3 Å². The number of amides is 2. The zero-order chi connectivity index (χ0) is 18.3. The fourth-order valence-electron chi connectivity index (χ4n) is 2.79. The van der Waals surface area contributed by atoms with Gasteiger partial charge in [0, 0.05) is 24.8 Å². The number of urea groups is 1. The SMILES string of the molecule is O=C(Nc1ccc2c(c1)OCO2)N1CC(S(=O)(=O)c2ccc(F)cc2)C1. The number of carbonyl (C=O) groups is 1. The summed E-state index contributed by atoms with van der Waals surface area (Å²) >= 11 is 0. The molecule has 2 aromatic carbocycles. The lowest BCUT2D eigenvalue weighted by Crippen LogP contribution is -2.58. The molecule has 4 rings (SSSR count). The molecule has 1 N–H and O–H groups in total. The van der Waals surface area contributed by atoms with Crippen LogP contribution in [0.1, 0.15) is 0 Å². The maximum Gasteiger partial charge on any atom is 0.321 e. The van der Waals surface area contributed by atoms with E-state index in [0.717, 1.165) is 12.1 Å². The van der Waals surface area contributed by atoms with E-state index in [0.29, 0.717) is 17.2 Å². The average molecular weight is 378 g/mol. The molecule has 2 heterocycles. The molecule has 1 saturated heterocycles. The average Bonchev–Trinajstić information content (AvgIpc) is 3.01. The molecule has 136 valence electrons. The number of sulfone groups is 1. The van der Waals surface area contributed by atoms with Crippen LogP contribution in [-0.4, -0.2) is 44.5 Å². The summed E-state index contributed by atoms with van der Waals surface area (Å²) in [5, 5.41) is 2.00. The minimum absolute atomic E-state index is 0.0553. The van der Waals surface area contributed by atoms with Gasteiger partial charge in [0.2, 0.25) is 6.79 Å². The summed E-state index contributed by atoms with van der Waals surface area (Å²) in [4.78, 5) is 13.7. The van der Waals surface area contributed by atoms with Crippen molar-refractivity contribution in [3.8, 4) is 11.5 Å². The van der Waals surface area contributed by atoms with Crippen molar-refractivity contribution in [1.29, 1.82) is 0 Å². The van der Waals surface area contributed by atoms with Gasteiger partial charge in [-0.05, 0) is 36.4 Å². The van der Waals surface area contributed by atoms with Crippen LogP contribution in [0.5, 0.6) is 11.5 Å². The molecule has 26 heavy (non-hydrogen) atoms. The van der Waals surface area contributed by atoms with Gasteiger partial charge in [0.05, 0.1) is 4.90 Å². The number of hydrogen-bond donors (Lipinski definition) is 1. The lowest BCUT2D eigenvalue weighted by molar-refractivity contribution is 0.174. The number of nitrogens with one attached hydrogen (secondary N) is 1. The van der Waals surface area contributed by atoms with Crippen molar-refractivity contribution in [2.45, 2.75) is 10.1 Å². The molecule has 2 aromatic rings. The molecule has 0 unspecified atom stereocenters. The third-order valence-electron chi connectivity index (χ3n) is 4.34. The van der Waals surface area contributed by atoms with E-state index < -0.39 is 26.9 Å². The van der Waals surface area contributed by atoms with Crippen LogP contribution >= 0.6 is 0 Å². The van der Waals surface area contributed by atoms with E-state index in [1.807, 2.05) is 0 Å². The monoisotopic (exact) mass is 378 g/mol. The van der Waals surface area contributed by atoms with Crippen LogP contribution in [0.25, 0.3) is 0 Å². The second kappa shape index (κ2) is 6.17. The topological polar surface area (TPSA) is 84.9 Å². The quantitative estimate of drug-likeness (QED) is 0.828. The Bertz CT molecular complexity index is 956. The zero-order valence-electron chi connectivity index (χ0n) is 13.5. The highest BCUT2D eigenvalue weighted by molar-refractivity contribution is 7.92. The minimum atomic E-state index is -3.59. The number of likely N-dealkylation sites (tertiary alicyclic amines) is 1. The lowest BCUT2D eigenvalue weighted by atomic mass is 10.2. The van der Waals surface area contributed by atoms with E-state index in [4.69, 9.17) is 9.47 Å². The third kappa shape index (κ3) is 2.94. The molecule has 9 heteroatoms. The standard InChI is InChI=1S/C17H15FN2O5S/c18-11-1-4-13(5-2-11)26(22,23)14-8-20(9-14)17(21)19-12-3-6-15-16(7-12)25-10-24-15/h1-7,14H,8-10H2,(H,19,21). The number of fused-ring (bicyclic) bond motifs is 1. The lowest BCUT2D eigenvalue weighted by Gasteiger charge is -2.38. The van der Waals surface area contributed by atoms with E-state index in [1.54, 1.807) is 18.2 Å². The molecule has 0 aliphatic carbocycles. The fourth-order valence-corrected chi connectivity index (χ4v) is 4.45. The van der Waals surface area contributed by atoms with Crippen molar-refractivity contribution in [2.24, 2.45) is 0 Å². The molecular formula is C17H15FN2O5S. The summed E-state index contributed by atoms with van der Waals surface area (Å²) in [5.74, 6) is 0.655. The molecule has 1 fully saturated rings. The number of benzene rings is 2. The largest absolute Gasteiger partial charge is 0.454 e. The van der Waals surface area contributed by atoms with E-state index in [-0.39, 0.29) is 24.8 Å². The van der Waals surface area contributed by atoms with Gasteiger partial charge in [0.15, 0.2) is 21.3 Å². The Morgan fingerprint density at radius 1 is 1.08 bits per heavy atom. The first-order chi connectivity index (χ1) is 12.4. The molecule has 2 amide bonds. The van der Waals surface area contributed by atoms with E-state index >= 15 is 0 Å². The van der Waals surface area contributed by atoms with Gasteiger partial charge >= 0.3 is 6.03 Å². The fraction of sp³-hybridized carbons (Fsp3) is 0.235. The molecule has 0 saturated carbocycles. The second-order valence-corrected chi connectivity index (χ2v) is 8.25. The smallest absolute Gasteiger partial charge is 0.321 e. The Labute approximate surface area is 149 Å². The van der Waals surface area contributed by atoms with Crippen LogP contribution in [0.3, 0.4) is 0 Å². The van der Waals surface area contributed by atoms with Gasteiger partial charge in [0.25, 0.3) is 0 Å². The first kappa shape index (κ1) is 16.6. The summed E-state index contributed by atoms with van der Waals surface area (Å²) in [7, 11) is -3.59. The molecule has 0 aromatic heterocycles. The van der Waals surface area contributed by atoms with Crippen LogP contribution in [0.15, 0.2) is 47.4 Å². The highest BCUT2D eigenvalue weighted by Crippen LogP contribution is 2.34. The van der Waals surface area contributed by atoms with Crippen LogP contribution < -0.4 is 14.8 Å². The van der Waals surface area contributed by atoms with Crippen molar-refractivity contribution < 1.29 is 27.1 Å². The van der Waals surface area contributed by atoms with Gasteiger partial charge in [-0.25, -0.2) is 17.6 Å². The number of hydrogen-bond acceptors (Lipinski definition) is 5. The zero-order valence-corrected chi connectivity index (χ0v) is 14.3. The molecule has 2 aliphatic heterocycles. The maximum atomic E-state index is 13.0. The van der Waals surface area contributed by atoms with Crippen LogP contribution in [0.2, 0.25) is 0 Å². The normalized spacial score (nSPS) is 16.3. The molecular weight excluding hydrogens is 363 g/mol. The minimum Gasteiger partial charge on any atom is -0.454 e. The Hall–Kier alpha value is -2.81. The van der Waals surface area contributed by atoms with Gasteiger partial charge in [0.1, 0.15) is 11.1 Å². The van der Waals surface area contributed by atoms with Gasteiger partial charge in [-0.2, -0.15) is 0 Å². The molecule has 0 atom stereocenters. The predicted molar refractivity (Wildman–Crippen MR) is 90.5 cm³/mol. The molecule has 0 spiro atoms. The highest BCUT2D eigenvalue weighted by atomic mass is 32.2. The summed E-state index contributed by atoms with van der Waals surface area (Å²) in [6, 6.07) is 9.31. The Morgan fingerprint density at radius 2 is 1.77 bits per heavy atom. The number of anilines is 1. The third-order valence-corrected chi connectivity index (χ3v) is 6.45. The summed E-state index contributed by atoms with van der Waals surface area (Å²) in [6.45, 7) is 0.300. The Kier molecular flexibility index (Phi) is 3.95. The van der Waals surface area contributed by atoms with Crippen molar-refractivity contribution >= 4 is 21.6 Å². The van der Waals surface area contributed by atoms with Crippen LogP contribution in [-0.2, 0) is 9.84 Å². The van der Waals surface area contributed by atoms with Crippen molar-refractivity contribution in [3.63, 3.8) is 0 Å². The van der Waals surface area contributed by atoms with Gasteiger partial charge in [-0.15, -0.1) is 0 Å². The van der Waals surface area contributed by atoms with Crippen molar-refractivity contribution in [1.82, 2.24) is 4.90 Å². The molecule has 0 radical (unpaired) electrons.